The standard InChI is InChI=1S/C14H17NO3/c1-10-7-12(9-15)8-11(2)14(10)18-6-4-5-13(16)17-3/h7-8H,4-6H2,1-3H3. The van der Waals surface area contributed by atoms with Gasteiger partial charge in [-0.25, -0.2) is 0 Å². The van der Waals surface area contributed by atoms with E-state index in [0.29, 0.717) is 25.0 Å². The van der Waals surface area contributed by atoms with E-state index >= 15 is 0 Å². The van der Waals surface area contributed by atoms with Crippen LogP contribution in [0.4, 0.5) is 0 Å². The van der Waals surface area contributed by atoms with Gasteiger partial charge in [-0.3, -0.25) is 4.79 Å². The number of methoxy groups -OCH3 is 1. The minimum atomic E-state index is -0.230. The van der Waals surface area contributed by atoms with E-state index in [9.17, 15) is 4.79 Å². The van der Waals surface area contributed by atoms with E-state index < -0.39 is 0 Å². The highest BCUT2D eigenvalue weighted by Gasteiger charge is 2.07. The average molecular weight is 247 g/mol. The quantitative estimate of drug-likeness (QED) is 0.592. The van der Waals surface area contributed by atoms with Crippen LogP contribution in [0.2, 0.25) is 0 Å². The van der Waals surface area contributed by atoms with Crippen LogP contribution in [0.1, 0.15) is 29.5 Å². The topological polar surface area (TPSA) is 59.3 Å². The fraction of sp³-hybridized carbons (Fsp3) is 0.429. The lowest BCUT2D eigenvalue weighted by Gasteiger charge is -2.12. The normalized spacial score (nSPS) is 9.67. The number of hydrogen-bond acceptors (Lipinski definition) is 4. The number of hydrogen-bond donors (Lipinski definition) is 0. The third kappa shape index (κ3) is 3.77. The lowest BCUT2D eigenvalue weighted by atomic mass is 10.1. The molecule has 0 heterocycles. The number of esters is 1. The molecule has 4 nitrogen and oxygen atoms in total. The van der Waals surface area contributed by atoms with Crippen molar-refractivity contribution in [1.82, 2.24) is 0 Å². The number of carbonyl (C=O) groups excluding carboxylic acids is 1. The molecule has 0 amide bonds. The summed E-state index contributed by atoms with van der Waals surface area (Å²) in [7, 11) is 1.37. The number of aryl methyl sites for hydroxylation is 2. The Bertz CT molecular complexity index is 451. The second kappa shape index (κ2) is 6.65. The molecule has 96 valence electrons. The van der Waals surface area contributed by atoms with Gasteiger partial charge in [0.25, 0.3) is 0 Å². The van der Waals surface area contributed by atoms with Crippen molar-refractivity contribution in [2.45, 2.75) is 26.7 Å². The Kier molecular flexibility index (Phi) is 5.19. The van der Waals surface area contributed by atoms with Crippen molar-refractivity contribution in [3.8, 4) is 11.8 Å². The lowest BCUT2D eigenvalue weighted by Crippen LogP contribution is -2.06. The summed E-state index contributed by atoms with van der Waals surface area (Å²) in [5, 5.41) is 8.84. The van der Waals surface area contributed by atoms with Crippen LogP contribution in [0.5, 0.6) is 5.75 Å². The van der Waals surface area contributed by atoms with Crippen LogP contribution in [0.15, 0.2) is 12.1 Å². The summed E-state index contributed by atoms with van der Waals surface area (Å²) in [6.45, 7) is 4.27. The van der Waals surface area contributed by atoms with Gasteiger partial charge in [-0.2, -0.15) is 5.26 Å². The minimum Gasteiger partial charge on any atom is -0.493 e. The second-order valence-electron chi connectivity index (χ2n) is 4.08. The zero-order chi connectivity index (χ0) is 13.5. The molecule has 0 bridgehead atoms. The third-order valence-electron chi connectivity index (χ3n) is 2.59. The number of nitriles is 1. The molecule has 0 aliphatic heterocycles. The van der Waals surface area contributed by atoms with E-state index in [1.807, 2.05) is 13.8 Å². The van der Waals surface area contributed by atoms with Gasteiger partial charge in [0, 0.05) is 6.42 Å². The molecule has 0 saturated heterocycles. The summed E-state index contributed by atoms with van der Waals surface area (Å²) in [5.41, 5.74) is 2.50. The first-order valence-corrected chi connectivity index (χ1v) is 5.79. The first-order valence-electron chi connectivity index (χ1n) is 5.79. The number of ether oxygens (including phenoxy) is 2. The molecular weight excluding hydrogens is 230 g/mol. The highest BCUT2D eigenvalue weighted by Crippen LogP contribution is 2.24. The van der Waals surface area contributed by atoms with E-state index in [-0.39, 0.29) is 5.97 Å². The van der Waals surface area contributed by atoms with E-state index in [0.717, 1.165) is 16.9 Å². The Morgan fingerprint density at radius 3 is 2.44 bits per heavy atom. The summed E-state index contributed by atoms with van der Waals surface area (Å²) >= 11 is 0. The van der Waals surface area contributed by atoms with E-state index in [2.05, 4.69) is 10.8 Å². The maximum absolute atomic E-state index is 10.9. The summed E-state index contributed by atoms with van der Waals surface area (Å²) in [6, 6.07) is 5.70. The molecule has 0 aromatic heterocycles. The zero-order valence-electron chi connectivity index (χ0n) is 10.9. The van der Waals surface area contributed by atoms with Crippen molar-refractivity contribution in [2.24, 2.45) is 0 Å². The number of benzene rings is 1. The Labute approximate surface area is 107 Å². The first-order chi connectivity index (χ1) is 8.58. The molecular formula is C14H17NO3. The van der Waals surface area contributed by atoms with Crippen LogP contribution in [-0.4, -0.2) is 19.7 Å². The van der Waals surface area contributed by atoms with Crippen molar-refractivity contribution < 1.29 is 14.3 Å². The Morgan fingerprint density at radius 1 is 1.33 bits per heavy atom. The smallest absolute Gasteiger partial charge is 0.305 e. The monoisotopic (exact) mass is 247 g/mol. The van der Waals surface area contributed by atoms with Crippen LogP contribution in [-0.2, 0) is 9.53 Å². The molecule has 1 rings (SSSR count). The Morgan fingerprint density at radius 2 is 1.94 bits per heavy atom. The van der Waals surface area contributed by atoms with Gasteiger partial charge in [-0.15, -0.1) is 0 Å². The molecule has 1 aromatic rings. The Balaban J connectivity index is 2.58. The summed E-state index contributed by atoms with van der Waals surface area (Å²) in [6.07, 6.45) is 0.969. The van der Waals surface area contributed by atoms with Gasteiger partial charge in [0.15, 0.2) is 0 Å². The van der Waals surface area contributed by atoms with E-state index in [4.69, 9.17) is 10.00 Å². The predicted octanol–water partition coefficient (Wildman–Crippen LogP) is 2.51. The molecule has 0 N–H and O–H groups in total. The van der Waals surface area contributed by atoms with Gasteiger partial charge < -0.3 is 9.47 Å². The molecule has 0 aliphatic rings. The number of rotatable bonds is 5. The van der Waals surface area contributed by atoms with Crippen LogP contribution < -0.4 is 4.74 Å². The molecule has 0 atom stereocenters. The van der Waals surface area contributed by atoms with Crippen LogP contribution in [0.3, 0.4) is 0 Å². The van der Waals surface area contributed by atoms with E-state index in [1.165, 1.54) is 7.11 Å². The van der Waals surface area contributed by atoms with Crippen molar-refractivity contribution in [3.05, 3.63) is 28.8 Å². The van der Waals surface area contributed by atoms with Crippen molar-refractivity contribution in [2.75, 3.05) is 13.7 Å². The van der Waals surface area contributed by atoms with Gasteiger partial charge >= 0.3 is 5.97 Å². The van der Waals surface area contributed by atoms with Crippen LogP contribution in [0, 0.1) is 25.2 Å². The number of nitrogens with zero attached hydrogens (tertiary/aromatic N) is 1. The maximum atomic E-state index is 10.9. The summed E-state index contributed by atoms with van der Waals surface area (Å²) in [4.78, 5) is 10.9. The summed E-state index contributed by atoms with van der Waals surface area (Å²) < 4.78 is 10.2. The largest absolute Gasteiger partial charge is 0.493 e. The molecule has 0 saturated carbocycles. The first kappa shape index (κ1) is 14.0. The SMILES string of the molecule is COC(=O)CCCOc1c(C)cc(C#N)cc1C. The molecule has 0 spiro atoms. The molecule has 4 heteroatoms. The predicted molar refractivity (Wildman–Crippen MR) is 67.4 cm³/mol. The lowest BCUT2D eigenvalue weighted by molar-refractivity contribution is -0.140. The average Bonchev–Trinajstić information content (AvgIpc) is 2.36. The van der Waals surface area contributed by atoms with Gasteiger partial charge in [-0.1, -0.05) is 0 Å². The third-order valence-corrected chi connectivity index (χ3v) is 2.59. The molecule has 0 unspecified atom stereocenters. The van der Waals surface area contributed by atoms with Crippen LogP contribution in [0.25, 0.3) is 0 Å². The fourth-order valence-corrected chi connectivity index (χ4v) is 1.74. The van der Waals surface area contributed by atoms with Gasteiger partial charge in [0.05, 0.1) is 25.3 Å². The molecule has 0 radical (unpaired) electrons. The minimum absolute atomic E-state index is 0.230. The van der Waals surface area contributed by atoms with Gasteiger partial charge in [-0.05, 0) is 43.5 Å². The number of carbonyl (C=O) groups is 1. The van der Waals surface area contributed by atoms with Crippen LogP contribution >= 0.6 is 0 Å². The zero-order valence-corrected chi connectivity index (χ0v) is 10.9. The molecule has 0 fully saturated rings. The molecule has 0 aliphatic carbocycles. The van der Waals surface area contributed by atoms with E-state index in [1.54, 1.807) is 12.1 Å². The summed E-state index contributed by atoms with van der Waals surface area (Å²) in [5.74, 6) is 0.561. The van der Waals surface area contributed by atoms with Crippen molar-refractivity contribution in [1.29, 1.82) is 5.26 Å². The van der Waals surface area contributed by atoms with Gasteiger partial charge in [0.1, 0.15) is 5.75 Å². The maximum Gasteiger partial charge on any atom is 0.305 e. The molecule has 1 aromatic carbocycles. The highest BCUT2D eigenvalue weighted by molar-refractivity contribution is 5.69. The molecule has 18 heavy (non-hydrogen) atoms. The van der Waals surface area contributed by atoms with Crippen molar-refractivity contribution >= 4 is 5.97 Å². The van der Waals surface area contributed by atoms with Gasteiger partial charge in [0.2, 0.25) is 0 Å². The van der Waals surface area contributed by atoms with Crippen molar-refractivity contribution in [3.63, 3.8) is 0 Å². The second-order valence-corrected chi connectivity index (χ2v) is 4.08. The highest BCUT2D eigenvalue weighted by atomic mass is 16.5. The Hall–Kier alpha value is -2.02. The fourth-order valence-electron chi connectivity index (χ4n) is 1.74.